The zero-order chi connectivity index (χ0) is 12.0. The van der Waals surface area contributed by atoms with Crippen molar-refractivity contribution >= 4 is 28.3 Å². The molecule has 0 N–H and O–H groups in total. The first-order valence-corrected chi connectivity index (χ1v) is 6.34. The van der Waals surface area contributed by atoms with Crippen molar-refractivity contribution in [3.8, 4) is 0 Å². The molecule has 1 aromatic carbocycles. The standard InChI is InChI=1S/C14H14ClNO/c1-16-8-11(14(17)9-4-2-5-9)10-6-3-7-12(15)13(10)16/h3,6-9H,2,4-5H2,1H3. The molecule has 3 heteroatoms. The number of Topliss-reactive ketones (excluding diaryl/α,β-unsaturated/α-hetero) is 1. The summed E-state index contributed by atoms with van der Waals surface area (Å²) in [4.78, 5) is 12.3. The second kappa shape index (κ2) is 3.88. The maximum absolute atomic E-state index is 12.3. The van der Waals surface area contributed by atoms with E-state index in [4.69, 9.17) is 11.6 Å². The summed E-state index contributed by atoms with van der Waals surface area (Å²) in [5.74, 6) is 0.517. The van der Waals surface area contributed by atoms with Crippen LogP contribution in [0.3, 0.4) is 0 Å². The first kappa shape index (κ1) is 10.8. The van der Waals surface area contributed by atoms with Gasteiger partial charge in [0.15, 0.2) is 5.78 Å². The molecule has 0 unspecified atom stereocenters. The summed E-state index contributed by atoms with van der Waals surface area (Å²) < 4.78 is 1.95. The summed E-state index contributed by atoms with van der Waals surface area (Å²) >= 11 is 6.18. The Morgan fingerprint density at radius 1 is 1.41 bits per heavy atom. The average Bonchev–Trinajstić information content (AvgIpc) is 2.55. The van der Waals surface area contributed by atoms with Crippen LogP contribution >= 0.6 is 11.6 Å². The van der Waals surface area contributed by atoms with Gasteiger partial charge in [-0.05, 0) is 18.9 Å². The van der Waals surface area contributed by atoms with Crippen molar-refractivity contribution in [2.45, 2.75) is 19.3 Å². The molecule has 0 aliphatic heterocycles. The van der Waals surface area contributed by atoms with Crippen LogP contribution in [0.1, 0.15) is 29.6 Å². The van der Waals surface area contributed by atoms with E-state index >= 15 is 0 Å². The van der Waals surface area contributed by atoms with Crippen LogP contribution in [0.5, 0.6) is 0 Å². The van der Waals surface area contributed by atoms with Crippen molar-refractivity contribution in [2.75, 3.05) is 0 Å². The Hall–Kier alpha value is -1.28. The van der Waals surface area contributed by atoms with Crippen LogP contribution in [0, 0.1) is 5.92 Å². The fourth-order valence-electron chi connectivity index (χ4n) is 2.51. The number of carbonyl (C=O) groups excluding carboxylic acids is 1. The van der Waals surface area contributed by atoms with Gasteiger partial charge in [-0.1, -0.05) is 30.2 Å². The molecule has 1 heterocycles. The van der Waals surface area contributed by atoms with Crippen LogP contribution in [-0.2, 0) is 7.05 Å². The number of halogens is 1. The molecule has 1 fully saturated rings. The second-order valence-corrected chi connectivity index (χ2v) is 5.19. The number of para-hydroxylation sites is 1. The molecular formula is C14H14ClNO. The zero-order valence-corrected chi connectivity index (χ0v) is 10.5. The van der Waals surface area contributed by atoms with E-state index in [1.54, 1.807) is 0 Å². The molecule has 1 saturated carbocycles. The highest BCUT2D eigenvalue weighted by molar-refractivity contribution is 6.35. The predicted molar refractivity (Wildman–Crippen MR) is 69.6 cm³/mol. The van der Waals surface area contributed by atoms with E-state index in [9.17, 15) is 4.79 Å². The number of aromatic nitrogens is 1. The van der Waals surface area contributed by atoms with Crippen LogP contribution < -0.4 is 0 Å². The minimum atomic E-state index is 0.236. The average molecular weight is 248 g/mol. The van der Waals surface area contributed by atoms with Gasteiger partial charge in [0, 0.05) is 30.1 Å². The van der Waals surface area contributed by atoms with Gasteiger partial charge >= 0.3 is 0 Å². The van der Waals surface area contributed by atoms with Crippen LogP contribution in [0.25, 0.3) is 10.9 Å². The van der Waals surface area contributed by atoms with Crippen molar-refractivity contribution in [1.82, 2.24) is 4.57 Å². The van der Waals surface area contributed by atoms with Gasteiger partial charge in [0.05, 0.1) is 10.5 Å². The molecule has 2 aromatic rings. The third-order valence-electron chi connectivity index (χ3n) is 3.69. The fraction of sp³-hybridized carbons (Fsp3) is 0.357. The van der Waals surface area contributed by atoms with Crippen LogP contribution in [-0.4, -0.2) is 10.4 Å². The molecule has 0 bridgehead atoms. The number of fused-ring (bicyclic) bond motifs is 1. The van der Waals surface area contributed by atoms with E-state index in [1.807, 2.05) is 36.0 Å². The number of hydrogen-bond acceptors (Lipinski definition) is 1. The van der Waals surface area contributed by atoms with Gasteiger partial charge in [0.2, 0.25) is 0 Å². The van der Waals surface area contributed by atoms with Crippen molar-refractivity contribution in [3.63, 3.8) is 0 Å². The Balaban J connectivity index is 2.17. The van der Waals surface area contributed by atoms with Crippen LogP contribution in [0.15, 0.2) is 24.4 Å². The smallest absolute Gasteiger partial charge is 0.168 e. The lowest BCUT2D eigenvalue weighted by Gasteiger charge is -2.23. The van der Waals surface area contributed by atoms with Crippen molar-refractivity contribution in [2.24, 2.45) is 13.0 Å². The Labute approximate surface area is 105 Å². The van der Waals surface area contributed by atoms with Crippen LogP contribution in [0.2, 0.25) is 5.02 Å². The van der Waals surface area contributed by atoms with Gasteiger partial charge in [-0.15, -0.1) is 0 Å². The number of rotatable bonds is 2. The lowest BCUT2D eigenvalue weighted by Crippen LogP contribution is -2.21. The second-order valence-electron chi connectivity index (χ2n) is 4.78. The molecule has 17 heavy (non-hydrogen) atoms. The third kappa shape index (κ3) is 1.59. The van der Waals surface area contributed by atoms with Gasteiger partial charge in [0.1, 0.15) is 0 Å². The van der Waals surface area contributed by atoms with E-state index < -0.39 is 0 Å². The quantitative estimate of drug-likeness (QED) is 0.740. The molecule has 0 amide bonds. The molecule has 0 radical (unpaired) electrons. The van der Waals surface area contributed by atoms with E-state index in [-0.39, 0.29) is 11.7 Å². The number of benzene rings is 1. The highest BCUT2D eigenvalue weighted by Gasteiger charge is 2.28. The molecule has 0 saturated heterocycles. The molecular weight excluding hydrogens is 234 g/mol. The summed E-state index contributed by atoms with van der Waals surface area (Å²) in [5, 5.41) is 1.69. The highest BCUT2D eigenvalue weighted by Crippen LogP contribution is 2.34. The fourth-order valence-corrected chi connectivity index (χ4v) is 2.81. The maximum atomic E-state index is 12.3. The number of ketones is 1. The van der Waals surface area contributed by atoms with E-state index in [0.717, 1.165) is 29.3 Å². The first-order valence-electron chi connectivity index (χ1n) is 5.96. The number of nitrogens with zero attached hydrogens (tertiary/aromatic N) is 1. The maximum Gasteiger partial charge on any atom is 0.168 e. The Bertz CT molecular complexity index is 596. The largest absolute Gasteiger partial charge is 0.349 e. The van der Waals surface area contributed by atoms with Gasteiger partial charge in [-0.3, -0.25) is 4.79 Å². The summed E-state index contributed by atoms with van der Waals surface area (Å²) in [6, 6.07) is 5.75. The Kier molecular flexibility index (Phi) is 2.48. The lowest BCUT2D eigenvalue weighted by atomic mass is 9.80. The van der Waals surface area contributed by atoms with Gasteiger partial charge < -0.3 is 4.57 Å². The number of carbonyl (C=O) groups is 1. The van der Waals surface area contributed by atoms with Gasteiger partial charge in [-0.25, -0.2) is 0 Å². The summed E-state index contributed by atoms with van der Waals surface area (Å²) in [6.45, 7) is 0. The normalized spacial score (nSPS) is 16.1. The van der Waals surface area contributed by atoms with Gasteiger partial charge in [0.25, 0.3) is 0 Å². The highest BCUT2D eigenvalue weighted by atomic mass is 35.5. The molecule has 0 spiro atoms. The molecule has 3 rings (SSSR count). The SMILES string of the molecule is Cn1cc(C(=O)C2CCC2)c2cccc(Cl)c21. The minimum Gasteiger partial charge on any atom is -0.349 e. The number of aryl methyl sites for hydroxylation is 1. The van der Waals surface area contributed by atoms with Crippen molar-refractivity contribution in [1.29, 1.82) is 0 Å². The molecule has 1 aliphatic carbocycles. The number of hydrogen-bond donors (Lipinski definition) is 0. The van der Waals surface area contributed by atoms with Crippen molar-refractivity contribution < 1.29 is 4.79 Å². The van der Waals surface area contributed by atoms with E-state index in [2.05, 4.69) is 0 Å². The van der Waals surface area contributed by atoms with E-state index in [1.165, 1.54) is 6.42 Å². The lowest BCUT2D eigenvalue weighted by molar-refractivity contribution is 0.0857. The van der Waals surface area contributed by atoms with E-state index in [0.29, 0.717) is 5.02 Å². The molecule has 1 aromatic heterocycles. The summed E-state index contributed by atoms with van der Waals surface area (Å²) in [7, 11) is 1.94. The molecule has 1 aliphatic rings. The Morgan fingerprint density at radius 2 is 2.18 bits per heavy atom. The third-order valence-corrected chi connectivity index (χ3v) is 4.00. The monoisotopic (exact) mass is 247 g/mol. The predicted octanol–water partition coefficient (Wildman–Crippen LogP) is 3.81. The molecule has 88 valence electrons. The Morgan fingerprint density at radius 3 is 2.82 bits per heavy atom. The minimum absolute atomic E-state index is 0.236. The first-order chi connectivity index (χ1) is 8.18. The topological polar surface area (TPSA) is 22.0 Å². The summed E-state index contributed by atoms with van der Waals surface area (Å²) in [6.07, 6.45) is 5.17. The molecule has 0 atom stereocenters. The van der Waals surface area contributed by atoms with Crippen LogP contribution in [0.4, 0.5) is 0 Å². The summed E-state index contributed by atoms with van der Waals surface area (Å²) in [5.41, 5.74) is 1.78. The van der Waals surface area contributed by atoms with Crippen molar-refractivity contribution in [3.05, 3.63) is 35.0 Å². The zero-order valence-electron chi connectivity index (χ0n) is 9.74. The van der Waals surface area contributed by atoms with Gasteiger partial charge in [-0.2, -0.15) is 0 Å². The molecule has 2 nitrogen and oxygen atoms in total.